The van der Waals surface area contributed by atoms with Crippen LogP contribution in [0.3, 0.4) is 0 Å². The third kappa shape index (κ3) is 4.47. The molecule has 0 aromatic rings. The van der Waals surface area contributed by atoms with E-state index in [1.807, 2.05) is 0 Å². The number of carbonyl (C=O) groups excluding carboxylic acids is 1. The van der Waals surface area contributed by atoms with Crippen molar-refractivity contribution < 1.29 is 18.4 Å². The van der Waals surface area contributed by atoms with Crippen LogP contribution in [0.1, 0.15) is 13.8 Å². The van der Waals surface area contributed by atoms with Crippen LogP contribution in [0.25, 0.3) is 0 Å². The van der Waals surface area contributed by atoms with Gasteiger partial charge in [0, 0.05) is 12.8 Å². The zero-order chi connectivity index (χ0) is 13.0. The third-order valence-electron chi connectivity index (χ3n) is 2.07. The number of amidine groups is 1. The Morgan fingerprint density at radius 1 is 1.50 bits per heavy atom. The Bertz CT molecular complexity index is 386. The average molecular weight is 251 g/mol. The average Bonchev–Trinajstić information content (AvgIpc) is 2.14. The van der Waals surface area contributed by atoms with E-state index in [9.17, 15) is 13.2 Å². The van der Waals surface area contributed by atoms with Crippen molar-refractivity contribution in [2.45, 2.75) is 13.8 Å². The molecular weight excluding hydrogens is 234 g/mol. The van der Waals surface area contributed by atoms with Crippen molar-refractivity contribution >= 4 is 21.6 Å². The fourth-order valence-electron chi connectivity index (χ4n) is 0.812. The van der Waals surface area contributed by atoms with Crippen LogP contribution in [0.5, 0.6) is 0 Å². The van der Waals surface area contributed by atoms with Gasteiger partial charge in [0.25, 0.3) is 0 Å². The van der Waals surface area contributed by atoms with Crippen LogP contribution < -0.4 is 11.1 Å². The molecule has 0 saturated heterocycles. The molecule has 94 valence electrons. The number of nitrogens with one attached hydrogen (secondary N) is 1. The summed E-state index contributed by atoms with van der Waals surface area (Å²) in [5, 5.41) is 13.6. The molecule has 0 spiro atoms. The smallest absolute Gasteiger partial charge is 0.233 e. The SMILES string of the molecule is CC(C)(C(=O)NCCS(C)(=O)=O)C(N)=NO. The first kappa shape index (κ1) is 14.7. The first-order chi connectivity index (χ1) is 7.11. The Balaban J connectivity index is 4.38. The zero-order valence-corrected chi connectivity index (χ0v) is 10.3. The maximum Gasteiger partial charge on any atom is 0.233 e. The molecule has 0 unspecified atom stereocenters. The van der Waals surface area contributed by atoms with Gasteiger partial charge in [0.2, 0.25) is 5.91 Å². The van der Waals surface area contributed by atoms with Crippen LogP contribution in [-0.4, -0.2) is 43.9 Å². The van der Waals surface area contributed by atoms with Gasteiger partial charge in [-0.2, -0.15) is 0 Å². The molecular formula is C8H17N3O4S. The minimum Gasteiger partial charge on any atom is -0.409 e. The van der Waals surface area contributed by atoms with E-state index < -0.39 is 21.2 Å². The highest BCUT2D eigenvalue weighted by atomic mass is 32.2. The Labute approximate surface area is 94.6 Å². The number of oxime groups is 1. The van der Waals surface area contributed by atoms with E-state index in [4.69, 9.17) is 10.9 Å². The molecule has 4 N–H and O–H groups in total. The molecule has 0 aliphatic heterocycles. The normalized spacial score (nSPS) is 13.6. The van der Waals surface area contributed by atoms with E-state index in [0.29, 0.717) is 0 Å². The van der Waals surface area contributed by atoms with E-state index in [-0.39, 0.29) is 18.1 Å². The maximum atomic E-state index is 11.6. The van der Waals surface area contributed by atoms with Gasteiger partial charge in [-0.15, -0.1) is 0 Å². The first-order valence-electron chi connectivity index (χ1n) is 4.55. The molecule has 16 heavy (non-hydrogen) atoms. The molecule has 1 amide bonds. The van der Waals surface area contributed by atoms with Crippen molar-refractivity contribution in [1.82, 2.24) is 5.32 Å². The number of nitrogens with zero attached hydrogens (tertiary/aromatic N) is 1. The van der Waals surface area contributed by atoms with Crippen molar-refractivity contribution in [2.24, 2.45) is 16.3 Å². The second-order valence-corrected chi connectivity index (χ2v) is 6.26. The highest BCUT2D eigenvalue weighted by Gasteiger charge is 2.32. The second kappa shape index (κ2) is 5.15. The van der Waals surface area contributed by atoms with Crippen molar-refractivity contribution in [2.75, 3.05) is 18.6 Å². The predicted molar refractivity (Wildman–Crippen MR) is 59.9 cm³/mol. The lowest BCUT2D eigenvalue weighted by Gasteiger charge is -2.21. The van der Waals surface area contributed by atoms with Crippen LogP contribution in [0.15, 0.2) is 5.16 Å². The number of carbonyl (C=O) groups is 1. The molecule has 0 aromatic heterocycles. The molecule has 0 aliphatic rings. The summed E-state index contributed by atoms with van der Waals surface area (Å²) >= 11 is 0. The molecule has 0 heterocycles. The number of sulfone groups is 1. The summed E-state index contributed by atoms with van der Waals surface area (Å²) in [7, 11) is -3.12. The van der Waals surface area contributed by atoms with Gasteiger partial charge in [-0.1, -0.05) is 5.16 Å². The number of hydrogen-bond acceptors (Lipinski definition) is 5. The van der Waals surface area contributed by atoms with Crippen molar-refractivity contribution in [3.63, 3.8) is 0 Å². The molecule has 0 rings (SSSR count). The zero-order valence-electron chi connectivity index (χ0n) is 9.52. The lowest BCUT2D eigenvalue weighted by atomic mass is 9.91. The lowest BCUT2D eigenvalue weighted by molar-refractivity contribution is -0.126. The number of amides is 1. The summed E-state index contributed by atoms with van der Waals surface area (Å²) in [6, 6.07) is 0. The van der Waals surface area contributed by atoms with E-state index in [2.05, 4.69) is 10.5 Å². The summed E-state index contributed by atoms with van der Waals surface area (Å²) in [5.41, 5.74) is 4.16. The molecule has 0 radical (unpaired) electrons. The molecule has 0 fully saturated rings. The predicted octanol–water partition coefficient (Wildman–Crippen LogP) is -1.08. The van der Waals surface area contributed by atoms with Crippen LogP contribution in [-0.2, 0) is 14.6 Å². The fourth-order valence-corrected chi connectivity index (χ4v) is 1.29. The van der Waals surface area contributed by atoms with E-state index in [1.165, 1.54) is 13.8 Å². The standard InChI is InChI=1S/C8H17N3O4S/c1-8(2,6(9)11-13)7(12)10-4-5-16(3,14)15/h13H,4-5H2,1-3H3,(H2,9,11)(H,10,12). The quantitative estimate of drug-likeness (QED) is 0.248. The molecule has 8 heteroatoms. The van der Waals surface area contributed by atoms with Gasteiger partial charge in [0.1, 0.15) is 15.3 Å². The summed E-state index contributed by atoms with van der Waals surface area (Å²) in [6.45, 7) is 2.94. The van der Waals surface area contributed by atoms with Gasteiger partial charge in [0.05, 0.1) is 5.75 Å². The monoisotopic (exact) mass is 251 g/mol. The van der Waals surface area contributed by atoms with Gasteiger partial charge in [0.15, 0.2) is 5.84 Å². The lowest BCUT2D eigenvalue weighted by Crippen LogP contribution is -2.46. The van der Waals surface area contributed by atoms with Gasteiger partial charge in [-0.25, -0.2) is 8.42 Å². The Morgan fingerprint density at radius 3 is 2.38 bits per heavy atom. The van der Waals surface area contributed by atoms with Crippen LogP contribution in [0.2, 0.25) is 0 Å². The number of nitrogens with two attached hydrogens (primary N) is 1. The molecule has 7 nitrogen and oxygen atoms in total. The Morgan fingerprint density at radius 2 is 2.00 bits per heavy atom. The van der Waals surface area contributed by atoms with Crippen LogP contribution in [0, 0.1) is 5.41 Å². The highest BCUT2D eigenvalue weighted by Crippen LogP contribution is 2.14. The van der Waals surface area contributed by atoms with Gasteiger partial charge >= 0.3 is 0 Å². The highest BCUT2D eigenvalue weighted by molar-refractivity contribution is 7.90. The Hall–Kier alpha value is -1.31. The summed E-state index contributed by atoms with van der Waals surface area (Å²) < 4.78 is 21.6. The van der Waals surface area contributed by atoms with Gasteiger partial charge in [-0.05, 0) is 13.8 Å². The summed E-state index contributed by atoms with van der Waals surface area (Å²) in [5.74, 6) is -0.874. The van der Waals surface area contributed by atoms with Gasteiger partial charge in [-0.3, -0.25) is 4.79 Å². The van der Waals surface area contributed by atoms with Gasteiger partial charge < -0.3 is 16.3 Å². The van der Waals surface area contributed by atoms with E-state index in [1.54, 1.807) is 0 Å². The molecule has 0 saturated carbocycles. The van der Waals surface area contributed by atoms with Crippen molar-refractivity contribution in [3.05, 3.63) is 0 Å². The fraction of sp³-hybridized carbons (Fsp3) is 0.750. The number of rotatable bonds is 5. The molecule has 0 bridgehead atoms. The minimum absolute atomic E-state index is 0.000193. The summed E-state index contributed by atoms with van der Waals surface area (Å²) in [4.78, 5) is 11.6. The number of hydrogen-bond donors (Lipinski definition) is 3. The van der Waals surface area contributed by atoms with E-state index in [0.717, 1.165) is 6.26 Å². The molecule has 0 aromatic carbocycles. The second-order valence-electron chi connectivity index (χ2n) is 4.00. The largest absolute Gasteiger partial charge is 0.409 e. The molecule has 0 atom stereocenters. The van der Waals surface area contributed by atoms with Crippen LogP contribution in [0.4, 0.5) is 0 Å². The first-order valence-corrected chi connectivity index (χ1v) is 6.61. The Kier molecular flexibility index (Phi) is 4.73. The summed E-state index contributed by atoms with van der Waals surface area (Å²) in [6.07, 6.45) is 1.08. The maximum absolute atomic E-state index is 11.6. The molecule has 0 aliphatic carbocycles. The minimum atomic E-state index is -3.12. The third-order valence-corrected chi connectivity index (χ3v) is 3.02. The topological polar surface area (TPSA) is 122 Å². The van der Waals surface area contributed by atoms with E-state index >= 15 is 0 Å². The van der Waals surface area contributed by atoms with Crippen molar-refractivity contribution in [3.8, 4) is 0 Å². The van der Waals surface area contributed by atoms with Crippen molar-refractivity contribution in [1.29, 1.82) is 0 Å². The van der Waals surface area contributed by atoms with Crippen LogP contribution >= 0.6 is 0 Å².